The Morgan fingerprint density at radius 2 is 2.18 bits per heavy atom. The summed E-state index contributed by atoms with van der Waals surface area (Å²) >= 11 is 0. The molecule has 0 atom stereocenters. The van der Waals surface area contributed by atoms with Crippen LogP contribution in [0.25, 0.3) is 0 Å². The number of ether oxygens (including phenoxy) is 1. The van der Waals surface area contributed by atoms with Crippen LogP contribution in [0.1, 0.15) is 30.4 Å². The van der Waals surface area contributed by atoms with Gasteiger partial charge < -0.3 is 4.74 Å². The molecule has 1 aromatic rings. The van der Waals surface area contributed by atoms with Crippen molar-refractivity contribution in [2.75, 3.05) is 7.11 Å². The zero-order chi connectivity index (χ0) is 12.5. The lowest BCUT2D eigenvalue weighted by Crippen LogP contribution is -2.32. The Morgan fingerprint density at radius 3 is 2.65 bits per heavy atom. The Morgan fingerprint density at radius 1 is 1.47 bits per heavy atom. The number of nitrogens with zero attached hydrogens (tertiary/aromatic N) is 1. The number of rotatable bonds is 3. The molecular formula is C13H14FNO2. The van der Waals surface area contributed by atoms with Gasteiger partial charge >= 0.3 is 0 Å². The van der Waals surface area contributed by atoms with E-state index in [0.717, 1.165) is 24.8 Å². The monoisotopic (exact) mass is 235 g/mol. The highest BCUT2D eigenvalue weighted by Crippen LogP contribution is 2.48. The smallest absolute Gasteiger partial charge is 0.235 e. The zero-order valence-corrected chi connectivity index (χ0v) is 9.92. The minimum atomic E-state index is -0.625. The second-order valence-electron chi connectivity index (χ2n) is 4.39. The average Bonchev–Trinajstić information content (AvgIpc) is 2.22. The summed E-state index contributed by atoms with van der Waals surface area (Å²) in [4.78, 5) is 14.4. The first-order chi connectivity index (χ1) is 8.13. The van der Waals surface area contributed by atoms with Crippen LogP contribution >= 0.6 is 0 Å². The lowest BCUT2D eigenvalue weighted by atomic mass is 9.71. The number of hydrogen-bond donors (Lipinski definition) is 0. The van der Waals surface area contributed by atoms with Crippen LogP contribution in [-0.4, -0.2) is 13.2 Å². The fraction of sp³-hybridized carbons (Fsp3) is 0.462. The van der Waals surface area contributed by atoms with Crippen LogP contribution in [0.5, 0.6) is 5.75 Å². The Kier molecular flexibility index (Phi) is 2.99. The van der Waals surface area contributed by atoms with E-state index >= 15 is 0 Å². The van der Waals surface area contributed by atoms with Gasteiger partial charge in [0.05, 0.1) is 7.11 Å². The lowest BCUT2D eigenvalue weighted by molar-refractivity contribution is 0.244. The molecule has 0 unspecified atom stereocenters. The first-order valence-electron chi connectivity index (χ1n) is 5.56. The molecule has 0 aliphatic heterocycles. The number of benzene rings is 1. The highest BCUT2D eigenvalue weighted by molar-refractivity contribution is 5.49. The van der Waals surface area contributed by atoms with Crippen molar-refractivity contribution < 1.29 is 13.9 Å². The minimum Gasteiger partial charge on any atom is -0.496 e. The Hall–Kier alpha value is -1.67. The summed E-state index contributed by atoms with van der Waals surface area (Å²) in [6.45, 7) is 1.78. The van der Waals surface area contributed by atoms with Gasteiger partial charge in [0.2, 0.25) is 6.08 Å². The molecule has 0 amide bonds. The summed E-state index contributed by atoms with van der Waals surface area (Å²) in [5.74, 6) is 0.288. The third-order valence-electron chi connectivity index (χ3n) is 3.39. The van der Waals surface area contributed by atoms with E-state index in [1.165, 1.54) is 12.1 Å². The molecule has 3 nitrogen and oxygen atoms in total. The molecule has 1 aliphatic rings. The van der Waals surface area contributed by atoms with E-state index in [9.17, 15) is 9.18 Å². The number of aryl methyl sites for hydroxylation is 1. The van der Waals surface area contributed by atoms with Crippen LogP contribution < -0.4 is 4.74 Å². The average molecular weight is 235 g/mol. The number of halogens is 1. The highest BCUT2D eigenvalue weighted by Gasteiger charge is 2.41. The third kappa shape index (κ3) is 1.85. The maximum atomic E-state index is 13.5. The summed E-state index contributed by atoms with van der Waals surface area (Å²) in [5, 5.41) is 0. The van der Waals surface area contributed by atoms with Crippen LogP contribution in [-0.2, 0) is 10.3 Å². The standard InChI is InChI=1S/C13H14FNO2/c1-9-6-10(14)7-11(12(9)17-2)13(15-8-16)4-3-5-13/h6-7H,3-5H2,1-2H3. The number of aliphatic imine (C=N–C) groups is 1. The number of hydrogen-bond acceptors (Lipinski definition) is 3. The van der Waals surface area contributed by atoms with Crippen LogP contribution in [0.3, 0.4) is 0 Å². The van der Waals surface area contributed by atoms with Crippen LogP contribution in [0.4, 0.5) is 4.39 Å². The largest absolute Gasteiger partial charge is 0.496 e. The first kappa shape index (κ1) is 11.8. The molecule has 0 heterocycles. The predicted molar refractivity (Wildman–Crippen MR) is 61.3 cm³/mol. The number of isocyanates is 1. The van der Waals surface area contributed by atoms with Gasteiger partial charge in [-0.3, -0.25) is 0 Å². The van der Waals surface area contributed by atoms with Crippen molar-refractivity contribution in [2.24, 2.45) is 4.99 Å². The van der Waals surface area contributed by atoms with Crippen molar-refractivity contribution in [1.29, 1.82) is 0 Å². The van der Waals surface area contributed by atoms with Gasteiger partial charge in [0, 0.05) is 5.56 Å². The summed E-state index contributed by atoms with van der Waals surface area (Å²) < 4.78 is 18.8. The number of carbonyl (C=O) groups excluding carboxylic acids is 1. The SMILES string of the molecule is COc1c(C)cc(F)cc1C1(N=C=O)CCC1. The molecule has 0 radical (unpaired) electrons. The van der Waals surface area contributed by atoms with E-state index in [-0.39, 0.29) is 5.82 Å². The summed E-state index contributed by atoms with van der Waals surface area (Å²) in [5.41, 5.74) is 0.752. The Balaban J connectivity index is 2.60. The molecule has 2 rings (SSSR count). The molecule has 0 bridgehead atoms. The second-order valence-corrected chi connectivity index (χ2v) is 4.39. The second kappa shape index (κ2) is 4.30. The maximum absolute atomic E-state index is 13.5. The first-order valence-corrected chi connectivity index (χ1v) is 5.56. The van der Waals surface area contributed by atoms with Crippen LogP contribution in [0.15, 0.2) is 17.1 Å². The predicted octanol–water partition coefficient (Wildman–Crippen LogP) is 2.86. The van der Waals surface area contributed by atoms with Gasteiger partial charge in [-0.1, -0.05) is 0 Å². The molecule has 0 N–H and O–H groups in total. The molecule has 17 heavy (non-hydrogen) atoms. The summed E-state index contributed by atoms with van der Waals surface area (Å²) in [6.07, 6.45) is 4.05. The van der Waals surface area contributed by atoms with Crippen molar-refractivity contribution in [2.45, 2.75) is 31.7 Å². The molecule has 0 spiro atoms. The van der Waals surface area contributed by atoms with E-state index in [1.54, 1.807) is 20.1 Å². The van der Waals surface area contributed by atoms with Gasteiger partial charge in [0.15, 0.2) is 0 Å². The quantitative estimate of drug-likeness (QED) is 0.597. The fourth-order valence-corrected chi connectivity index (χ4v) is 2.39. The normalized spacial score (nSPS) is 16.9. The molecule has 0 saturated heterocycles. The molecule has 1 aliphatic carbocycles. The molecule has 4 heteroatoms. The van der Waals surface area contributed by atoms with Crippen LogP contribution in [0.2, 0.25) is 0 Å². The maximum Gasteiger partial charge on any atom is 0.235 e. The lowest BCUT2D eigenvalue weighted by Gasteiger charge is -2.38. The number of methoxy groups -OCH3 is 1. The van der Waals surface area contributed by atoms with Crippen molar-refractivity contribution >= 4 is 6.08 Å². The van der Waals surface area contributed by atoms with E-state index < -0.39 is 5.54 Å². The molecule has 1 aromatic carbocycles. The van der Waals surface area contributed by atoms with Crippen molar-refractivity contribution in [3.8, 4) is 5.75 Å². The van der Waals surface area contributed by atoms with Gasteiger partial charge in [-0.25, -0.2) is 9.18 Å². The highest BCUT2D eigenvalue weighted by atomic mass is 19.1. The van der Waals surface area contributed by atoms with Gasteiger partial charge in [-0.15, -0.1) is 0 Å². The van der Waals surface area contributed by atoms with Gasteiger partial charge in [-0.05, 0) is 43.9 Å². The molecule has 0 aromatic heterocycles. The van der Waals surface area contributed by atoms with E-state index in [4.69, 9.17) is 4.74 Å². The topological polar surface area (TPSA) is 38.7 Å². The minimum absolute atomic E-state index is 0.328. The molecule has 1 saturated carbocycles. The Labute approximate surface area is 99.3 Å². The molecule has 1 fully saturated rings. The van der Waals surface area contributed by atoms with Crippen molar-refractivity contribution in [3.05, 3.63) is 29.1 Å². The third-order valence-corrected chi connectivity index (χ3v) is 3.39. The van der Waals surface area contributed by atoms with Gasteiger partial charge in [0.1, 0.15) is 17.1 Å². The van der Waals surface area contributed by atoms with Crippen LogP contribution in [0, 0.1) is 12.7 Å². The summed E-state index contributed by atoms with van der Waals surface area (Å²) in [7, 11) is 1.54. The van der Waals surface area contributed by atoms with E-state index in [1.807, 2.05) is 0 Å². The van der Waals surface area contributed by atoms with Gasteiger partial charge in [-0.2, -0.15) is 4.99 Å². The van der Waals surface area contributed by atoms with Crippen molar-refractivity contribution in [1.82, 2.24) is 0 Å². The molecular weight excluding hydrogens is 221 g/mol. The summed E-state index contributed by atoms with van der Waals surface area (Å²) in [6, 6.07) is 2.82. The fourth-order valence-electron chi connectivity index (χ4n) is 2.39. The van der Waals surface area contributed by atoms with E-state index in [2.05, 4.69) is 4.99 Å². The van der Waals surface area contributed by atoms with Gasteiger partial charge in [0.25, 0.3) is 0 Å². The molecule has 90 valence electrons. The Bertz CT molecular complexity index is 488. The van der Waals surface area contributed by atoms with E-state index in [0.29, 0.717) is 11.3 Å². The zero-order valence-electron chi connectivity index (χ0n) is 9.92. The van der Waals surface area contributed by atoms with Crippen molar-refractivity contribution in [3.63, 3.8) is 0 Å².